The first-order valence-corrected chi connectivity index (χ1v) is 43.6. The Morgan fingerprint density at radius 2 is 0.0930 bits per heavy atom. The molecular formula is C16H18F48O48S17. The maximum absolute atomic E-state index is 10.7. The second-order valence-corrected chi connectivity index (χ2v) is 37.3. The third-order valence-corrected chi connectivity index (χ3v) is 14.0. The molecule has 0 aliphatic heterocycles. The van der Waals surface area contributed by atoms with E-state index < -0.39 is 250 Å². The van der Waals surface area contributed by atoms with Crippen LogP contribution in [0.25, 0.3) is 0 Å². The van der Waals surface area contributed by atoms with E-state index in [0.29, 0.717) is 0 Å². The molecule has 0 heterocycles. The summed E-state index contributed by atoms with van der Waals surface area (Å²) in [7, 11) is -93.4. The lowest BCUT2D eigenvalue weighted by atomic mass is 11.6. The van der Waals surface area contributed by atoms with E-state index in [-0.39, 0.29) is 13.5 Å². The quantitative estimate of drug-likeness (QED) is 0.0707. The zero-order valence-electron chi connectivity index (χ0n) is 53.4. The third kappa shape index (κ3) is 93.7. The van der Waals surface area contributed by atoms with Gasteiger partial charge in [0.2, 0.25) is 0 Å². The second-order valence-electron chi connectivity index (χ2n) is 14.7. The molecule has 0 aliphatic rings. The molecule has 0 saturated carbocycles. The van der Waals surface area contributed by atoms with Gasteiger partial charge in [0.05, 0.1) is 0 Å². The summed E-state index contributed by atoms with van der Waals surface area (Å²) in [6.45, 7) is 0. The fraction of sp³-hybridized carbons (Fsp3) is 1.00. The van der Waals surface area contributed by atoms with E-state index in [2.05, 4.69) is 0 Å². The van der Waals surface area contributed by atoms with E-state index in [0.717, 1.165) is 0 Å². The monoisotopic (exact) mass is 2430 g/mol. The minimum absolute atomic E-state index is 0. The van der Waals surface area contributed by atoms with Crippen LogP contribution in [0.15, 0.2) is 0 Å². The maximum Gasteiger partial charge on any atom is 0.522 e. The van der Waals surface area contributed by atoms with Crippen molar-refractivity contribution < 1.29 is 418 Å². The van der Waals surface area contributed by atoms with Crippen molar-refractivity contribution in [1.29, 1.82) is 0 Å². The Kier molecular flexibility index (Phi) is 67.2. The van der Waals surface area contributed by atoms with Crippen LogP contribution < -0.4 is 0 Å². The molecule has 0 aromatic rings. The van der Waals surface area contributed by atoms with Crippen molar-refractivity contribution in [2.24, 2.45) is 0 Å². The molecule has 0 aromatic carbocycles. The molecule has 0 spiro atoms. The Labute approximate surface area is 678 Å². The van der Waals surface area contributed by atoms with Crippen LogP contribution in [0.3, 0.4) is 0 Å². The van der Waals surface area contributed by atoms with Gasteiger partial charge >= 0.3 is 250 Å². The number of hydrogen-bond acceptors (Lipinski definition) is 32. The molecule has 0 fully saturated rings. The highest BCUT2D eigenvalue weighted by Gasteiger charge is 2.53. The van der Waals surface area contributed by atoms with Crippen LogP contribution in [0, 0.1) is 0 Å². The van der Waals surface area contributed by atoms with Crippen LogP contribution >= 0.6 is 13.5 Å². The molecule has 0 aliphatic carbocycles. The molecule has 0 radical (unpaired) electrons. The van der Waals surface area contributed by atoms with Crippen molar-refractivity contribution >= 4 is 175 Å². The molecule has 113 heteroatoms. The smallest absolute Gasteiger partial charge is 0.279 e. The lowest BCUT2D eigenvalue weighted by Crippen LogP contribution is -2.21. The molecule has 16 N–H and O–H groups in total. The summed E-state index contributed by atoms with van der Waals surface area (Å²) in [5.41, 5.74) is -88.6. The molecule has 0 rings (SSSR count). The molecule has 808 valence electrons. The summed E-state index contributed by atoms with van der Waals surface area (Å²) in [5.74, 6) is 0. The molecule has 129 heavy (non-hydrogen) atoms. The lowest BCUT2D eigenvalue weighted by Gasteiger charge is -1.97. The highest BCUT2D eigenvalue weighted by Crippen LogP contribution is 2.30. The number of alkyl halides is 48. The first-order valence-electron chi connectivity index (χ1n) is 20.6. The van der Waals surface area contributed by atoms with Gasteiger partial charge in [0.25, 0.3) is 0 Å². The third-order valence-electron chi connectivity index (χ3n) is 4.68. The molecular weight excluding hydrogens is 2420 g/mol. The van der Waals surface area contributed by atoms with Gasteiger partial charge in [0.15, 0.2) is 0 Å². The van der Waals surface area contributed by atoms with Gasteiger partial charge in [0, 0.05) is 0 Å². The first-order chi connectivity index (χ1) is 52.0. The van der Waals surface area contributed by atoms with Crippen LogP contribution in [-0.2, 0) is 162 Å². The highest BCUT2D eigenvalue weighted by atomic mass is 32.3. The minimum Gasteiger partial charge on any atom is -0.279 e. The van der Waals surface area contributed by atoms with Crippen LogP contribution in [-0.4, -0.2) is 296 Å². The van der Waals surface area contributed by atoms with Crippen LogP contribution in [0.2, 0.25) is 0 Å². The molecule has 0 amide bonds. The summed E-state index contributed by atoms with van der Waals surface area (Å²) >= 11 is 0. The Morgan fingerprint density at radius 1 is 0.0853 bits per heavy atom. The van der Waals surface area contributed by atoms with E-state index in [4.69, 9.17) is 208 Å². The first kappa shape index (κ1) is 164. The van der Waals surface area contributed by atoms with Crippen molar-refractivity contribution in [3.63, 3.8) is 0 Å². The van der Waals surface area contributed by atoms with Gasteiger partial charge in [-0.1, -0.05) is 0 Å². The Morgan fingerprint density at radius 3 is 0.0930 bits per heavy atom. The Bertz CT molecular complexity index is 3960. The Hall–Kier alpha value is -4.45. The van der Waals surface area contributed by atoms with Crippen LogP contribution in [0.1, 0.15) is 0 Å². The summed E-state index contributed by atoms with van der Waals surface area (Å²) in [6, 6.07) is 0. The average Bonchev–Trinajstić information content (AvgIpc) is 1.06. The fourth-order valence-electron chi connectivity index (χ4n) is 0. The second kappa shape index (κ2) is 52.8. The molecule has 0 saturated heterocycles. The van der Waals surface area contributed by atoms with Gasteiger partial charge < -0.3 is 0 Å². The van der Waals surface area contributed by atoms with E-state index in [1.807, 2.05) is 0 Å². The van der Waals surface area contributed by atoms with Gasteiger partial charge in [-0.3, -0.25) is 72.8 Å². The van der Waals surface area contributed by atoms with Crippen molar-refractivity contribution in [2.75, 3.05) is 0 Å². The summed E-state index contributed by atoms with van der Waals surface area (Å²) in [5, 5.41) is 0. The van der Waals surface area contributed by atoms with E-state index in [9.17, 15) is 211 Å². The van der Waals surface area contributed by atoms with Crippen LogP contribution in [0.4, 0.5) is 211 Å². The van der Waals surface area contributed by atoms with Crippen LogP contribution in [0.5, 0.6) is 0 Å². The van der Waals surface area contributed by atoms with Gasteiger partial charge in [-0.2, -0.15) is 359 Å². The van der Waals surface area contributed by atoms with Crippen molar-refractivity contribution in [2.45, 2.75) is 88.1 Å². The fourth-order valence-corrected chi connectivity index (χ4v) is 0. The summed E-state index contributed by atoms with van der Waals surface area (Å²) in [6.07, 6.45) is 0. The largest absolute Gasteiger partial charge is 0.522 e. The number of halogens is 48. The van der Waals surface area contributed by atoms with Gasteiger partial charge in [-0.25, -0.2) is 0 Å². The van der Waals surface area contributed by atoms with E-state index in [1.54, 1.807) is 0 Å². The molecule has 0 aromatic heterocycles. The van der Waals surface area contributed by atoms with Gasteiger partial charge in [-0.15, -0.1) is 0 Å². The SMILES string of the molecule is O=S(=O)(O)C(F)(F)F.O=S(=O)(O)C(F)(F)F.O=S(=O)(O)C(F)(F)F.O=S(=O)(O)C(F)(F)F.O=S(=O)(O)C(F)(F)F.O=S(=O)(O)C(F)(F)F.O=S(=O)(O)C(F)(F)F.O=S(=O)(O)C(F)(F)F.O=S(=O)(O)C(F)(F)F.O=S(=O)(O)C(F)(F)F.O=S(=O)(O)C(F)(F)F.O=S(=O)(O)C(F)(F)F.O=S(=O)(O)C(F)(F)F.O=S(=O)(O)C(F)(F)F.O=S(=O)(O)C(F)(F)F.O=S(=O)(O)C(F)(F)F.S. The van der Waals surface area contributed by atoms with Crippen molar-refractivity contribution in [3.05, 3.63) is 0 Å². The summed E-state index contributed by atoms with van der Waals surface area (Å²) < 4.78 is 921. The van der Waals surface area contributed by atoms with Crippen molar-refractivity contribution in [1.82, 2.24) is 0 Å². The van der Waals surface area contributed by atoms with E-state index >= 15 is 0 Å². The van der Waals surface area contributed by atoms with Crippen molar-refractivity contribution in [3.8, 4) is 0 Å². The topological polar surface area (TPSA) is 870 Å². The minimum atomic E-state index is -5.84. The predicted molar refractivity (Wildman–Crippen MR) is 292 cm³/mol. The highest BCUT2D eigenvalue weighted by molar-refractivity contribution is 7.90. The average molecular weight is 2440 g/mol. The molecule has 0 unspecified atom stereocenters. The van der Waals surface area contributed by atoms with Gasteiger partial charge in [-0.05, 0) is 0 Å². The number of hydrogen-bond donors (Lipinski definition) is 16. The Balaban J connectivity index is -0.0000000691. The lowest BCUT2D eigenvalue weighted by molar-refractivity contribution is -0.0514. The zero-order chi connectivity index (χ0) is 112. The standard InChI is InChI=1S/16CHF3O3S.H2S/c16*2-1(3,4)8(5,6)7;/h16*(H,5,6,7);1H2. The maximum atomic E-state index is 10.7. The zero-order valence-corrected chi connectivity index (χ0v) is 67.5. The van der Waals surface area contributed by atoms with Gasteiger partial charge in [0.1, 0.15) is 0 Å². The normalized spacial score (nSPS) is 13.9. The van der Waals surface area contributed by atoms with E-state index in [1.165, 1.54) is 0 Å². The molecule has 0 bridgehead atoms. The summed E-state index contributed by atoms with van der Waals surface area (Å²) in [4.78, 5) is 0. The number of rotatable bonds is 0. The molecule has 48 nitrogen and oxygen atoms in total. The molecule has 0 atom stereocenters. The predicted octanol–water partition coefficient (Wildman–Crippen LogP) is 6.42.